The van der Waals surface area contributed by atoms with Crippen molar-refractivity contribution in [3.8, 4) is 11.5 Å². The zero-order chi connectivity index (χ0) is 40.3. The summed E-state index contributed by atoms with van der Waals surface area (Å²) in [4.78, 5) is 32.2. The average Bonchev–Trinajstić information content (AvgIpc) is 3.17. The number of ether oxygens (including phenoxy) is 4. The third-order valence-electron chi connectivity index (χ3n) is 9.28. The van der Waals surface area contributed by atoms with Gasteiger partial charge in [-0.15, -0.1) is 0 Å². The molecule has 3 aromatic carbocycles. The number of rotatable bonds is 19. The molecule has 0 saturated carbocycles. The van der Waals surface area contributed by atoms with Crippen molar-refractivity contribution in [2.24, 2.45) is 22.7 Å². The Morgan fingerprint density at radius 1 is 0.875 bits per heavy atom. The lowest BCUT2D eigenvalue weighted by Gasteiger charge is -2.32. The van der Waals surface area contributed by atoms with Gasteiger partial charge in [-0.05, 0) is 132 Å². The van der Waals surface area contributed by atoms with Crippen LogP contribution in [0.3, 0.4) is 0 Å². The van der Waals surface area contributed by atoms with Crippen molar-refractivity contribution < 1.29 is 33.4 Å². The number of carbonyl (C=O) groups is 2. The molecule has 13 heteroatoms. The van der Waals surface area contributed by atoms with Crippen molar-refractivity contribution in [3.63, 3.8) is 0 Å². The minimum Gasteiger partial charge on any atom is -0.494 e. The van der Waals surface area contributed by atoms with Crippen LogP contribution in [0.5, 0.6) is 11.5 Å². The fourth-order valence-corrected chi connectivity index (χ4v) is 6.01. The predicted molar refractivity (Wildman–Crippen MR) is 218 cm³/mol. The fraction of sp³-hybridized carbons (Fsp3) is 0.488. The molecule has 0 radical (unpaired) electrons. The Kier molecular flexibility index (Phi) is 17.3. The highest BCUT2D eigenvalue weighted by atomic mass is 16.6. The van der Waals surface area contributed by atoms with Gasteiger partial charge >= 0.3 is 12.2 Å². The minimum absolute atomic E-state index is 0.0269. The van der Waals surface area contributed by atoms with Crippen molar-refractivity contribution in [1.82, 2.24) is 15.5 Å². The van der Waals surface area contributed by atoms with Crippen molar-refractivity contribution in [2.75, 3.05) is 39.5 Å². The number of nitrogens with zero attached hydrogens (tertiary/aromatic N) is 2. The zero-order valence-electron chi connectivity index (χ0n) is 33.6. The molecular weight excluding hydrogens is 713 g/mol. The number of amides is 2. The Balaban J connectivity index is 1.03. The first-order valence-corrected chi connectivity index (χ1v) is 19.5. The molecular formula is C43H60N6O7. The SMILES string of the molecule is CC(C)[C@H](CON=C(N)c1ccc(OCCCC2CCN(CCCOc3ccc(C(=N)NC(=O)OCc4ccccc4)cc3)CC2)cc1)NC(=O)OC(C)(C)C. The number of nitrogens with one attached hydrogen (secondary N) is 3. The van der Waals surface area contributed by atoms with Gasteiger partial charge in [-0.2, -0.15) is 0 Å². The van der Waals surface area contributed by atoms with Crippen LogP contribution in [0, 0.1) is 17.2 Å². The first-order chi connectivity index (χ1) is 26.8. The smallest absolute Gasteiger partial charge is 0.413 e. The first-order valence-electron chi connectivity index (χ1n) is 19.5. The van der Waals surface area contributed by atoms with Gasteiger partial charge in [0.25, 0.3) is 0 Å². The van der Waals surface area contributed by atoms with Crippen LogP contribution in [0.4, 0.5) is 9.59 Å². The topological polar surface area (TPSA) is 170 Å². The van der Waals surface area contributed by atoms with E-state index in [-0.39, 0.29) is 36.8 Å². The molecule has 1 aliphatic rings. The van der Waals surface area contributed by atoms with Crippen LogP contribution in [-0.2, 0) is 20.9 Å². The van der Waals surface area contributed by atoms with E-state index >= 15 is 0 Å². The summed E-state index contributed by atoms with van der Waals surface area (Å²) in [5.41, 5.74) is 7.74. The van der Waals surface area contributed by atoms with Crippen LogP contribution in [-0.4, -0.2) is 79.9 Å². The molecule has 0 aliphatic carbocycles. The molecule has 1 saturated heterocycles. The van der Waals surface area contributed by atoms with Crippen molar-refractivity contribution in [1.29, 1.82) is 5.41 Å². The minimum atomic E-state index is -0.664. The van der Waals surface area contributed by atoms with Gasteiger partial charge in [0.1, 0.15) is 36.1 Å². The molecule has 5 N–H and O–H groups in total. The van der Waals surface area contributed by atoms with E-state index in [2.05, 4.69) is 20.7 Å². The summed E-state index contributed by atoms with van der Waals surface area (Å²) in [5.74, 6) is 2.55. The molecule has 0 spiro atoms. The summed E-state index contributed by atoms with van der Waals surface area (Å²) >= 11 is 0. The lowest BCUT2D eigenvalue weighted by molar-refractivity contribution is 0.0412. The standard InChI is InChI=1S/C43H60N6O7/c1-31(2)38(46-42(51)56-43(3,4)5)30-55-48-40(45)35-16-20-36(21-17-35)52-27-9-13-32-22-25-49(26-23-32)24-10-28-53-37-18-14-34(15-19-37)39(44)47-41(50)54-29-33-11-7-6-8-12-33/h6-8,11-12,14-21,31-32,38H,9-10,13,22-30H2,1-5H3,(H2,45,48)(H,46,51)(H2,44,47,50)/t38-/m0/s1. The van der Waals surface area contributed by atoms with E-state index in [1.807, 2.05) is 101 Å². The molecule has 3 aromatic rings. The molecule has 0 bridgehead atoms. The number of benzene rings is 3. The van der Waals surface area contributed by atoms with E-state index in [0.29, 0.717) is 24.7 Å². The van der Waals surface area contributed by atoms with Gasteiger partial charge in [-0.3, -0.25) is 10.7 Å². The molecule has 0 unspecified atom stereocenters. The summed E-state index contributed by atoms with van der Waals surface area (Å²) in [6.07, 6.45) is 4.29. The lowest BCUT2D eigenvalue weighted by Crippen LogP contribution is -2.44. The summed E-state index contributed by atoms with van der Waals surface area (Å²) in [6, 6.07) is 23.7. The Labute approximate surface area is 331 Å². The molecule has 4 rings (SSSR count). The van der Waals surface area contributed by atoms with Gasteiger partial charge in [0.05, 0.1) is 19.3 Å². The summed E-state index contributed by atoms with van der Waals surface area (Å²) in [7, 11) is 0. The number of nitrogens with two attached hydrogens (primary N) is 1. The predicted octanol–water partition coefficient (Wildman–Crippen LogP) is 7.46. The largest absolute Gasteiger partial charge is 0.494 e. The van der Waals surface area contributed by atoms with Gasteiger partial charge in [0.2, 0.25) is 0 Å². The van der Waals surface area contributed by atoms with Gasteiger partial charge in [-0.1, -0.05) is 49.3 Å². The van der Waals surface area contributed by atoms with E-state index in [9.17, 15) is 9.59 Å². The molecule has 304 valence electrons. The van der Waals surface area contributed by atoms with E-state index in [4.69, 9.17) is 34.9 Å². The molecule has 56 heavy (non-hydrogen) atoms. The van der Waals surface area contributed by atoms with E-state index in [1.54, 1.807) is 12.1 Å². The summed E-state index contributed by atoms with van der Waals surface area (Å²) in [5, 5.41) is 17.5. The molecule has 2 amide bonds. The normalized spacial score (nSPS) is 14.4. The number of hydrogen-bond acceptors (Lipinski definition) is 10. The van der Waals surface area contributed by atoms with Gasteiger partial charge in [0.15, 0.2) is 5.84 Å². The average molecular weight is 773 g/mol. The maximum Gasteiger partial charge on any atom is 0.413 e. The maximum atomic E-state index is 12.2. The van der Waals surface area contributed by atoms with E-state index in [0.717, 1.165) is 61.5 Å². The van der Waals surface area contributed by atoms with Crippen LogP contribution < -0.4 is 25.8 Å². The first kappa shape index (κ1) is 43.4. The second kappa shape index (κ2) is 22.3. The molecule has 0 aromatic heterocycles. The van der Waals surface area contributed by atoms with Crippen LogP contribution >= 0.6 is 0 Å². The van der Waals surface area contributed by atoms with Gasteiger partial charge in [-0.25, -0.2) is 9.59 Å². The molecule has 1 atom stereocenters. The Morgan fingerprint density at radius 3 is 2.09 bits per heavy atom. The second-order valence-corrected chi connectivity index (χ2v) is 15.4. The quantitative estimate of drug-likeness (QED) is 0.0418. The van der Waals surface area contributed by atoms with Crippen molar-refractivity contribution in [2.45, 2.75) is 85.0 Å². The Hall–Kier alpha value is -5.30. The highest BCUT2D eigenvalue weighted by molar-refractivity contribution is 6.04. The second-order valence-electron chi connectivity index (χ2n) is 15.4. The number of amidine groups is 2. The van der Waals surface area contributed by atoms with Crippen molar-refractivity contribution >= 4 is 23.9 Å². The number of carbonyl (C=O) groups excluding carboxylic acids is 2. The number of likely N-dealkylation sites (tertiary alicyclic amines) is 1. The Morgan fingerprint density at radius 2 is 1.48 bits per heavy atom. The number of piperidine rings is 1. The highest BCUT2D eigenvalue weighted by Gasteiger charge is 2.22. The number of alkyl carbamates (subject to hydrolysis) is 2. The third-order valence-corrected chi connectivity index (χ3v) is 9.28. The number of hydrogen-bond donors (Lipinski definition) is 4. The third kappa shape index (κ3) is 16.2. The summed E-state index contributed by atoms with van der Waals surface area (Å²) < 4.78 is 22.5. The molecule has 1 aliphatic heterocycles. The summed E-state index contributed by atoms with van der Waals surface area (Å²) in [6.45, 7) is 14.2. The Bertz CT molecular complexity index is 1670. The van der Waals surface area contributed by atoms with Crippen LogP contribution in [0.25, 0.3) is 0 Å². The molecule has 1 heterocycles. The van der Waals surface area contributed by atoms with Gasteiger partial charge < -0.3 is 39.7 Å². The number of oxime groups is 1. The van der Waals surface area contributed by atoms with Crippen molar-refractivity contribution in [3.05, 3.63) is 95.6 Å². The molecule has 1 fully saturated rings. The van der Waals surface area contributed by atoms with Crippen LogP contribution in [0.15, 0.2) is 84.0 Å². The highest BCUT2D eigenvalue weighted by Crippen LogP contribution is 2.23. The molecule has 13 nitrogen and oxygen atoms in total. The van der Waals surface area contributed by atoms with E-state index < -0.39 is 17.8 Å². The maximum absolute atomic E-state index is 12.2. The van der Waals surface area contributed by atoms with Crippen LogP contribution in [0.1, 0.15) is 83.4 Å². The monoisotopic (exact) mass is 772 g/mol. The van der Waals surface area contributed by atoms with Crippen LogP contribution in [0.2, 0.25) is 0 Å². The zero-order valence-corrected chi connectivity index (χ0v) is 33.6. The van der Waals surface area contributed by atoms with Gasteiger partial charge in [0, 0.05) is 17.7 Å². The fourth-order valence-electron chi connectivity index (χ4n) is 6.01. The van der Waals surface area contributed by atoms with E-state index in [1.165, 1.54) is 12.8 Å². The lowest BCUT2D eigenvalue weighted by atomic mass is 9.92.